The van der Waals surface area contributed by atoms with Gasteiger partial charge >= 0.3 is 0 Å². The van der Waals surface area contributed by atoms with Crippen molar-refractivity contribution in [2.24, 2.45) is 0 Å². The molecule has 0 heterocycles. The number of nitrogen functional groups attached to an aromatic ring is 1. The van der Waals surface area contributed by atoms with Crippen LogP contribution < -0.4 is 10.5 Å². The number of benzene rings is 1. The fourth-order valence-electron chi connectivity index (χ4n) is 2.85. The molecule has 0 atom stereocenters. The van der Waals surface area contributed by atoms with E-state index in [0.717, 1.165) is 19.4 Å². The third-order valence-corrected chi connectivity index (χ3v) is 3.88. The molecule has 0 aromatic heterocycles. The van der Waals surface area contributed by atoms with Crippen molar-refractivity contribution < 1.29 is 9.53 Å². The summed E-state index contributed by atoms with van der Waals surface area (Å²) >= 11 is 0. The normalized spacial score (nSPS) is 15.5. The number of ether oxygens (including phenoxy) is 1. The number of nitrogens with two attached hydrogens (primary N) is 1. The summed E-state index contributed by atoms with van der Waals surface area (Å²) in [4.78, 5) is 14.6. The molecule has 19 heavy (non-hydrogen) atoms. The number of methoxy groups -OCH3 is 1. The molecule has 0 radical (unpaired) electrons. The highest BCUT2D eigenvalue weighted by atomic mass is 16.5. The molecular weight excluding hydrogens is 240 g/mol. The molecule has 1 fully saturated rings. The molecule has 2 rings (SSSR count). The highest BCUT2D eigenvalue weighted by Gasteiger charge is 2.27. The lowest BCUT2D eigenvalue weighted by Crippen LogP contribution is -2.38. The highest BCUT2D eigenvalue weighted by Crippen LogP contribution is 2.29. The minimum Gasteiger partial charge on any atom is -0.495 e. The first-order valence-corrected chi connectivity index (χ1v) is 6.92. The molecule has 2 N–H and O–H groups in total. The zero-order chi connectivity index (χ0) is 13.8. The molecule has 4 nitrogen and oxygen atoms in total. The van der Waals surface area contributed by atoms with Gasteiger partial charge in [0.05, 0.1) is 18.4 Å². The number of carbonyl (C=O) groups is 1. The second-order valence-electron chi connectivity index (χ2n) is 4.95. The van der Waals surface area contributed by atoms with Crippen LogP contribution in [0, 0.1) is 0 Å². The molecule has 1 amide bonds. The smallest absolute Gasteiger partial charge is 0.256 e. The van der Waals surface area contributed by atoms with Crippen LogP contribution in [-0.2, 0) is 0 Å². The SMILES string of the molecule is CCN(C(=O)c1cccc(OC)c1N)C1CCCC1. The van der Waals surface area contributed by atoms with Crippen LogP contribution >= 0.6 is 0 Å². The van der Waals surface area contributed by atoms with Crippen molar-refractivity contribution >= 4 is 11.6 Å². The van der Waals surface area contributed by atoms with Crippen molar-refractivity contribution in [3.05, 3.63) is 23.8 Å². The molecule has 1 aromatic carbocycles. The summed E-state index contributed by atoms with van der Waals surface area (Å²) in [6.07, 6.45) is 4.62. The number of hydrogen-bond acceptors (Lipinski definition) is 3. The average molecular weight is 262 g/mol. The predicted octanol–water partition coefficient (Wildman–Crippen LogP) is 2.68. The minimum absolute atomic E-state index is 0.0193. The molecule has 1 aliphatic carbocycles. The molecule has 1 aliphatic rings. The topological polar surface area (TPSA) is 55.6 Å². The molecule has 4 heteroatoms. The maximum absolute atomic E-state index is 12.6. The van der Waals surface area contributed by atoms with E-state index in [2.05, 4.69) is 0 Å². The summed E-state index contributed by atoms with van der Waals surface area (Å²) < 4.78 is 5.18. The summed E-state index contributed by atoms with van der Waals surface area (Å²) in [6, 6.07) is 5.73. The van der Waals surface area contributed by atoms with Gasteiger partial charge in [0.15, 0.2) is 0 Å². The molecule has 0 bridgehead atoms. The lowest BCUT2D eigenvalue weighted by molar-refractivity contribution is 0.0694. The molecule has 1 aromatic rings. The molecular formula is C15H22N2O2. The van der Waals surface area contributed by atoms with Gasteiger partial charge in [0.1, 0.15) is 5.75 Å². The predicted molar refractivity (Wildman–Crippen MR) is 76.4 cm³/mol. The van der Waals surface area contributed by atoms with E-state index in [1.165, 1.54) is 12.8 Å². The van der Waals surface area contributed by atoms with Crippen LogP contribution in [0.15, 0.2) is 18.2 Å². The lowest BCUT2D eigenvalue weighted by atomic mass is 10.1. The van der Waals surface area contributed by atoms with Gasteiger partial charge in [-0.3, -0.25) is 4.79 Å². The Hall–Kier alpha value is -1.71. The minimum atomic E-state index is 0.0193. The van der Waals surface area contributed by atoms with Crippen molar-refractivity contribution in [3.8, 4) is 5.75 Å². The van der Waals surface area contributed by atoms with Crippen LogP contribution in [0.25, 0.3) is 0 Å². The Balaban J connectivity index is 2.26. The standard InChI is InChI=1S/C15H22N2O2/c1-3-17(11-7-4-5-8-11)15(18)12-9-6-10-13(19-2)14(12)16/h6,9-11H,3-5,7-8,16H2,1-2H3. The van der Waals surface area contributed by atoms with Gasteiger partial charge in [0.25, 0.3) is 5.91 Å². The molecule has 0 aliphatic heterocycles. The molecule has 0 spiro atoms. The van der Waals surface area contributed by atoms with Crippen molar-refractivity contribution in [2.45, 2.75) is 38.6 Å². The number of rotatable bonds is 4. The zero-order valence-electron chi connectivity index (χ0n) is 11.7. The van der Waals surface area contributed by atoms with Gasteiger partial charge in [0.2, 0.25) is 0 Å². The average Bonchev–Trinajstić information content (AvgIpc) is 2.93. The van der Waals surface area contributed by atoms with Gasteiger partial charge in [0, 0.05) is 12.6 Å². The monoisotopic (exact) mass is 262 g/mol. The van der Waals surface area contributed by atoms with Crippen molar-refractivity contribution in [3.63, 3.8) is 0 Å². The number of amides is 1. The lowest BCUT2D eigenvalue weighted by Gasteiger charge is -2.28. The van der Waals surface area contributed by atoms with Crippen LogP contribution in [0.3, 0.4) is 0 Å². The Morgan fingerprint density at radius 1 is 1.42 bits per heavy atom. The van der Waals surface area contributed by atoms with E-state index in [1.807, 2.05) is 17.9 Å². The summed E-state index contributed by atoms with van der Waals surface area (Å²) in [6.45, 7) is 2.74. The van der Waals surface area contributed by atoms with Gasteiger partial charge in [-0.1, -0.05) is 18.9 Å². The molecule has 0 unspecified atom stereocenters. The quantitative estimate of drug-likeness (QED) is 0.849. The Morgan fingerprint density at radius 3 is 2.68 bits per heavy atom. The van der Waals surface area contributed by atoms with E-state index in [1.54, 1.807) is 19.2 Å². The first-order chi connectivity index (χ1) is 9.19. The number of carbonyl (C=O) groups excluding carboxylic acids is 1. The summed E-state index contributed by atoms with van der Waals surface area (Å²) in [5.74, 6) is 0.583. The van der Waals surface area contributed by atoms with E-state index < -0.39 is 0 Å². The van der Waals surface area contributed by atoms with Crippen LogP contribution in [-0.4, -0.2) is 30.5 Å². The Morgan fingerprint density at radius 2 is 2.11 bits per heavy atom. The van der Waals surface area contributed by atoms with E-state index in [0.29, 0.717) is 23.0 Å². The van der Waals surface area contributed by atoms with Crippen molar-refractivity contribution in [2.75, 3.05) is 19.4 Å². The van der Waals surface area contributed by atoms with E-state index >= 15 is 0 Å². The van der Waals surface area contributed by atoms with Crippen LogP contribution in [0.2, 0.25) is 0 Å². The van der Waals surface area contributed by atoms with E-state index in [9.17, 15) is 4.79 Å². The first kappa shape index (κ1) is 13.7. The van der Waals surface area contributed by atoms with Gasteiger partial charge < -0.3 is 15.4 Å². The van der Waals surface area contributed by atoms with E-state index in [4.69, 9.17) is 10.5 Å². The zero-order valence-corrected chi connectivity index (χ0v) is 11.7. The summed E-state index contributed by atoms with van der Waals surface area (Å²) in [7, 11) is 1.56. The maximum atomic E-state index is 12.6. The Bertz CT molecular complexity index is 453. The molecule has 104 valence electrons. The third-order valence-electron chi connectivity index (χ3n) is 3.88. The van der Waals surface area contributed by atoms with Crippen LogP contribution in [0.4, 0.5) is 5.69 Å². The summed E-state index contributed by atoms with van der Waals surface area (Å²) in [5.41, 5.74) is 7.00. The largest absolute Gasteiger partial charge is 0.495 e. The van der Waals surface area contributed by atoms with E-state index in [-0.39, 0.29) is 5.91 Å². The van der Waals surface area contributed by atoms with Crippen molar-refractivity contribution in [1.82, 2.24) is 4.90 Å². The maximum Gasteiger partial charge on any atom is 0.256 e. The number of nitrogens with zero attached hydrogens (tertiary/aromatic N) is 1. The number of anilines is 1. The second kappa shape index (κ2) is 5.95. The fourth-order valence-corrected chi connectivity index (χ4v) is 2.85. The van der Waals surface area contributed by atoms with Crippen LogP contribution in [0.1, 0.15) is 43.0 Å². The fraction of sp³-hybridized carbons (Fsp3) is 0.533. The van der Waals surface area contributed by atoms with Crippen molar-refractivity contribution in [1.29, 1.82) is 0 Å². The van der Waals surface area contributed by atoms with Crippen LogP contribution in [0.5, 0.6) is 5.75 Å². The number of para-hydroxylation sites is 1. The van der Waals surface area contributed by atoms with Gasteiger partial charge in [-0.05, 0) is 31.9 Å². The number of hydrogen-bond donors (Lipinski definition) is 1. The molecule has 1 saturated carbocycles. The Labute approximate surface area is 114 Å². The van der Waals surface area contributed by atoms with Gasteiger partial charge in [-0.2, -0.15) is 0 Å². The van der Waals surface area contributed by atoms with Gasteiger partial charge in [-0.25, -0.2) is 0 Å². The highest BCUT2D eigenvalue weighted by molar-refractivity contribution is 6.00. The van der Waals surface area contributed by atoms with Gasteiger partial charge in [-0.15, -0.1) is 0 Å². The molecule has 0 saturated heterocycles. The summed E-state index contributed by atoms with van der Waals surface area (Å²) in [5, 5.41) is 0. The Kier molecular flexibility index (Phi) is 4.30. The third kappa shape index (κ3) is 2.67. The second-order valence-corrected chi connectivity index (χ2v) is 4.95. The first-order valence-electron chi connectivity index (χ1n) is 6.92.